The lowest BCUT2D eigenvalue weighted by Crippen LogP contribution is -2.09. The maximum atomic E-state index is 5.36. The molecule has 0 unspecified atom stereocenters. The van der Waals surface area contributed by atoms with Crippen molar-refractivity contribution in [3.05, 3.63) is 22.3 Å². The maximum absolute atomic E-state index is 5.36. The predicted molar refractivity (Wildman–Crippen MR) is 72.5 cm³/mol. The number of ether oxygens (including phenoxy) is 2. The molecule has 0 fully saturated rings. The van der Waals surface area contributed by atoms with Crippen LogP contribution in [0.5, 0.6) is 0 Å². The number of hydrogen-bond acceptors (Lipinski definition) is 4. The minimum Gasteiger partial charge on any atom is -0.382 e. The van der Waals surface area contributed by atoms with E-state index in [1.54, 1.807) is 7.11 Å². The van der Waals surface area contributed by atoms with Gasteiger partial charge in [0, 0.05) is 24.7 Å². The first kappa shape index (κ1) is 14.4. The van der Waals surface area contributed by atoms with E-state index in [0.717, 1.165) is 35.6 Å². The highest BCUT2D eigenvalue weighted by atomic mass is 79.9. The van der Waals surface area contributed by atoms with Crippen LogP contribution in [0, 0.1) is 6.92 Å². The molecule has 0 radical (unpaired) electrons. The molecule has 1 heterocycles. The summed E-state index contributed by atoms with van der Waals surface area (Å²) in [6.07, 6.45) is 0.959. The average molecular weight is 303 g/mol. The van der Waals surface area contributed by atoms with Gasteiger partial charge < -0.3 is 14.8 Å². The quantitative estimate of drug-likeness (QED) is 0.750. The standard InChI is InChI=1S/C12H19BrN2O2/c1-10-11(13)4-5-12(15-10)14-6-3-7-17-9-8-16-2/h4-5H,3,6-9H2,1-2H3,(H,14,15). The summed E-state index contributed by atoms with van der Waals surface area (Å²) >= 11 is 3.42. The molecule has 0 aliphatic carbocycles. The van der Waals surface area contributed by atoms with Crippen LogP contribution in [0.4, 0.5) is 5.82 Å². The Balaban J connectivity index is 2.11. The van der Waals surface area contributed by atoms with Crippen LogP contribution in [0.15, 0.2) is 16.6 Å². The normalized spacial score (nSPS) is 10.5. The molecule has 0 aliphatic heterocycles. The van der Waals surface area contributed by atoms with Crippen molar-refractivity contribution in [2.45, 2.75) is 13.3 Å². The zero-order chi connectivity index (χ0) is 12.5. The van der Waals surface area contributed by atoms with E-state index >= 15 is 0 Å². The molecule has 1 N–H and O–H groups in total. The first-order chi connectivity index (χ1) is 8.24. The topological polar surface area (TPSA) is 43.4 Å². The van der Waals surface area contributed by atoms with Gasteiger partial charge in [0.25, 0.3) is 0 Å². The second-order valence-corrected chi connectivity index (χ2v) is 4.50. The molecular formula is C12H19BrN2O2. The molecule has 0 spiro atoms. The number of halogens is 1. The van der Waals surface area contributed by atoms with Crippen LogP contribution >= 0.6 is 15.9 Å². The third kappa shape index (κ3) is 6.00. The first-order valence-electron chi connectivity index (χ1n) is 5.67. The SMILES string of the molecule is COCCOCCCNc1ccc(Br)c(C)n1. The van der Waals surface area contributed by atoms with Gasteiger partial charge in [0.1, 0.15) is 5.82 Å². The Kier molecular flexibility index (Phi) is 7.16. The number of nitrogens with zero attached hydrogens (tertiary/aromatic N) is 1. The number of methoxy groups -OCH3 is 1. The molecular weight excluding hydrogens is 284 g/mol. The Labute approximate surface area is 111 Å². The molecule has 0 saturated carbocycles. The van der Waals surface area contributed by atoms with Gasteiger partial charge in [0.15, 0.2) is 0 Å². The summed E-state index contributed by atoms with van der Waals surface area (Å²) < 4.78 is 11.3. The van der Waals surface area contributed by atoms with Crippen LogP contribution in [-0.4, -0.2) is 38.5 Å². The molecule has 1 rings (SSSR count). The Morgan fingerprint density at radius 1 is 1.29 bits per heavy atom. The average Bonchev–Trinajstić information content (AvgIpc) is 2.32. The van der Waals surface area contributed by atoms with Gasteiger partial charge in [-0.2, -0.15) is 0 Å². The van der Waals surface area contributed by atoms with Gasteiger partial charge in [-0.25, -0.2) is 4.98 Å². The Morgan fingerprint density at radius 3 is 2.82 bits per heavy atom. The highest BCUT2D eigenvalue weighted by Crippen LogP contribution is 2.15. The number of aryl methyl sites for hydroxylation is 1. The lowest BCUT2D eigenvalue weighted by Gasteiger charge is -2.07. The second kappa shape index (κ2) is 8.44. The number of aromatic nitrogens is 1. The molecule has 0 bridgehead atoms. The summed E-state index contributed by atoms with van der Waals surface area (Å²) in [6.45, 7) is 4.89. The number of nitrogens with one attached hydrogen (secondary N) is 1. The Morgan fingerprint density at radius 2 is 2.12 bits per heavy atom. The van der Waals surface area contributed by atoms with Crippen molar-refractivity contribution in [2.75, 3.05) is 38.8 Å². The van der Waals surface area contributed by atoms with Crippen LogP contribution in [0.1, 0.15) is 12.1 Å². The highest BCUT2D eigenvalue weighted by molar-refractivity contribution is 9.10. The summed E-state index contributed by atoms with van der Waals surface area (Å²) in [7, 11) is 1.67. The first-order valence-corrected chi connectivity index (χ1v) is 6.47. The highest BCUT2D eigenvalue weighted by Gasteiger charge is 1.98. The van der Waals surface area contributed by atoms with Crippen molar-refractivity contribution in [2.24, 2.45) is 0 Å². The van der Waals surface area contributed by atoms with E-state index in [2.05, 4.69) is 26.2 Å². The van der Waals surface area contributed by atoms with Crippen molar-refractivity contribution in [1.29, 1.82) is 0 Å². The van der Waals surface area contributed by atoms with E-state index in [9.17, 15) is 0 Å². The molecule has 0 saturated heterocycles. The minimum absolute atomic E-state index is 0.654. The number of pyridine rings is 1. The molecule has 96 valence electrons. The van der Waals surface area contributed by atoms with Crippen LogP contribution in [0.2, 0.25) is 0 Å². The fourth-order valence-electron chi connectivity index (χ4n) is 1.28. The largest absolute Gasteiger partial charge is 0.382 e. The van der Waals surface area contributed by atoms with Gasteiger partial charge in [0.2, 0.25) is 0 Å². The number of hydrogen-bond donors (Lipinski definition) is 1. The van der Waals surface area contributed by atoms with Crippen LogP contribution < -0.4 is 5.32 Å². The van der Waals surface area contributed by atoms with E-state index in [1.165, 1.54) is 0 Å². The molecule has 0 aliphatic rings. The molecule has 1 aromatic heterocycles. The van der Waals surface area contributed by atoms with E-state index in [4.69, 9.17) is 9.47 Å². The summed E-state index contributed by atoms with van der Waals surface area (Å²) in [4.78, 5) is 4.40. The predicted octanol–water partition coefficient (Wildman–Crippen LogP) is 2.62. The zero-order valence-corrected chi connectivity index (χ0v) is 11.9. The fourth-order valence-corrected chi connectivity index (χ4v) is 1.50. The van der Waals surface area contributed by atoms with Gasteiger partial charge in [-0.1, -0.05) is 0 Å². The molecule has 0 amide bonds. The molecule has 17 heavy (non-hydrogen) atoms. The van der Waals surface area contributed by atoms with E-state index in [1.807, 2.05) is 19.1 Å². The van der Waals surface area contributed by atoms with E-state index in [-0.39, 0.29) is 0 Å². The van der Waals surface area contributed by atoms with Gasteiger partial charge >= 0.3 is 0 Å². The van der Waals surface area contributed by atoms with Gasteiger partial charge in [-0.05, 0) is 41.4 Å². The van der Waals surface area contributed by atoms with Crippen molar-refractivity contribution in [3.8, 4) is 0 Å². The van der Waals surface area contributed by atoms with Crippen LogP contribution in [0.25, 0.3) is 0 Å². The van der Waals surface area contributed by atoms with Gasteiger partial charge in [-0.3, -0.25) is 0 Å². The Bertz CT molecular complexity index is 334. The third-order valence-electron chi connectivity index (χ3n) is 2.22. The number of rotatable bonds is 8. The van der Waals surface area contributed by atoms with Crippen molar-refractivity contribution in [3.63, 3.8) is 0 Å². The monoisotopic (exact) mass is 302 g/mol. The lowest BCUT2D eigenvalue weighted by molar-refractivity contribution is 0.0705. The van der Waals surface area contributed by atoms with Crippen molar-refractivity contribution in [1.82, 2.24) is 4.98 Å². The summed E-state index contributed by atoms with van der Waals surface area (Å²) in [5, 5.41) is 3.26. The molecule has 1 aromatic rings. The maximum Gasteiger partial charge on any atom is 0.126 e. The second-order valence-electron chi connectivity index (χ2n) is 3.65. The molecule has 0 atom stereocenters. The fraction of sp³-hybridized carbons (Fsp3) is 0.583. The summed E-state index contributed by atoms with van der Waals surface area (Å²) in [6, 6.07) is 3.96. The van der Waals surface area contributed by atoms with E-state index < -0.39 is 0 Å². The third-order valence-corrected chi connectivity index (χ3v) is 3.06. The molecule has 5 heteroatoms. The van der Waals surface area contributed by atoms with Crippen molar-refractivity contribution < 1.29 is 9.47 Å². The van der Waals surface area contributed by atoms with Crippen LogP contribution in [-0.2, 0) is 9.47 Å². The summed E-state index contributed by atoms with van der Waals surface area (Å²) in [5.41, 5.74) is 0.992. The molecule has 4 nitrogen and oxygen atoms in total. The van der Waals surface area contributed by atoms with Crippen LogP contribution in [0.3, 0.4) is 0 Å². The molecule has 0 aromatic carbocycles. The van der Waals surface area contributed by atoms with Gasteiger partial charge in [-0.15, -0.1) is 0 Å². The zero-order valence-electron chi connectivity index (χ0n) is 10.3. The smallest absolute Gasteiger partial charge is 0.126 e. The number of anilines is 1. The summed E-state index contributed by atoms with van der Waals surface area (Å²) in [5.74, 6) is 0.905. The van der Waals surface area contributed by atoms with Gasteiger partial charge in [0.05, 0.1) is 18.9 Å². The van der Waals surface area contributed by atoms with Crippen molar-refractivity contribution >= 4 is 21.7 Å². The minimum atomic E-state index is 0.654. The Hall–Kier alpha value is -0.650. The lowest BCUT2D eigenvalue weighted by atomic mass is 10.3. The van der Waals surface area contributed by atoms with E-state index in [0.29, 0.717) is 13.2 Å².